The standard InChI is InChI=1S/C12H32O6Si4/c1-19(2)15-20(3,4)17-22(11-7-9-13,12-8-10-14)18-21(5,6)16-19/h13-14H,7-12H2,1-6H3. The highest BCUT2D eigenvalue weighted by atomic mass is 28.5. The second-order valence-corrected chi connectivity index (χ2v) is 21.7. The zero-order valence-electron chi connectivity index (χ0n) is 14.8. The minimum Gasteiger partial charge on any atom is -0.416 e. The molecule has 1 saturated heterocycles. The third-order valence-corrected chi connectivity index (χ3v) is 20.3. The van der Waals surface area contributed by atoms with Gasteiger partial charge in [-0.25, -0.2) is 0 Å². The zero-order chi connectivity index (χ0) is 17.1. The van der Waals surface area contributed by atoms with Gasteiger partial charge in [0.25, 0.3) is 0 Å². The third-order valence-electron chi connectivity index (χ3n) is 3.28. The lowest BCUT2D eigenvalue weighted by molar-refractivity contribution is 0.219. The van der Waals surface area contributed by atoms with E-state index in [0.29, 0.717) is 24.9 Å². The van der Waals surface area contributed by atoms with Crippen LogP contribution in [-0.2, 0) is 16.5 Å². The van der Waals surface area contributed by atoms with E-state index in [2.05, 4.69) is 0 Å². The molecule has 132 valence electrons. The van der Waals surface area contributed by atoms with Gasteiger partial charge in [0.05, 0.1) is 0 Å². The summed E-state index contributed by atoms with van der Waals surface area (Å²) < 4.78 is 25.7. The summed E-state index contributed by atoms with van der Waals surface area (Å²) in [5.41, 5.74) is 0. The van der Waals surface area contributed by atoms with E-state index in [1.54, 1.807) is 0 Å². The molecule has 0 bridgehead atoms. The Morgan fingerprint density at radius 1 is 0.591 bits per heavy atom. The van der Waals surface area contributed by atoms with Gasteiger partial charge in [0, 0.05) is 13.2 Å². The number of aliphatic hydroxyl groups is 2. The highest BCUT2D eigenvalue weighted by molar-refractivity contribution is 6.93. The van der Waals surface area contributed by atoms with Gasteiger partial charge in [-0.15, -0.1) is 0 Å². The largest absolute Gasteiger partial charge is 0.416 e. The Balaban J connectivity index is 3.10. The molecule has 1 rings (SSSR count). The van der Waals surface area contributed by atoms with Gasteiger partial charge in [0.2, 0.25) is 0 Å². The van der Waals surface area contributed by atoms with Gasteiger partial charge >= 0.3 is 34.2 Å². The maximum atomic E-state index is 9.23. The molecule has 0 unspecified atom stereocenters. The van der Waals surface area contributed by atoms with E-state index in [0.717, 1.165) is 0 Å². The minimum absolute atomic E-state index is 0.118. The first-order valence-corrected chi connectivity index (χ1v) is 18.7. The molecule has 2 N–H and O–H groups in total. The molecule has 1 aliphatic heterocycles. The van der Waals surface area contributed by atoms with Crippen molar-refractivity contribution >= 4 is 34.2 Å². The third kappa shape index (κ3) is 6.63. The zero-order valence-corrected chi connectivity index (χ0v) is 18.8. The molecule has 6 nitrogen and oxygen atoms in total. The molecule has 0 aromatic heterocycles. The molecule has 0 spiro atoms. The number of hydrogen-bond donors (Lipinski definition) is 2. The number of hydrogen-bond acceptors (Lipinski definition) is 6. The van der Waals surface area contributed by atoms with Crippen LogP contribution in [0.15, 0.2) is 0 Å². The first kappa shape index (κ1) is 20.7. The Morgan fingerprint density at radius 2 is 0.909 bits per heavy atom. The van der Waals surface area contributed by atoms with E-state index in [-0.39, 0.29) is 13.2 Å². The van der Waals surface area contributed by atoms with Gasteiger partial charge in [0.1, 0.15) is 0 Å². The molecule has 1 heterocycles. The van der Waals surface area contributed by atoms with Crippen LogP contribution in [-0.4, -0.2) is 57.7 Å². The Hall–Kier alpha value is 0.628. The lowest BCUT2D eigenvalue weighted by Crippen LogP contribution is -2.65. The van der Waals surface area contributed by atoms with Gasteiger partial charge in [-0.1, -0.05) is 0 Å². The van der Waals surface area contributed by atoms with Crippen LogP contribution in [0.2, 0.25) is 51.4 Å². The summed E-state index contributed by atoms with van der Waals surface area (Å²) in [4.78, 5) is 0. The second kappa shape index (κ2) is 7.67. The summed E-state index contributed by atoms with van der Waals surface area (Å²) in [7, 11) is -9.58. The second-order valence-electron chi connectivity index (χ2n) is 7.17. The summed E-state index contributed by atoms with van der Waals surface area (Å²) in [6.07, 6.45) is 1.29. The molecule has 0 atom stereocenters. The molecule has 1 aliphatic rings. The van der Waals surface area contributed by atoms with E-state index in [9.17, 15) is 10.2 Å². The Bertz CT molecular complexity index is 332. The normalized spacial score (nSPS) is 26.2. The van der Waals surface area contributed by atoms with E-state index in [1.807, 2.05) is 39.3 Å². The maximum absolute atomic E-state index is 9.23. The van der Waals surface area contributed by atoms with Crippen LogP contribution in [0.1, 0.15) is 12.8 Å². The Morgan fingerprint density at radius 3 is 1.23 bits per heavy atom. The van der Waals surface area contributed by atoms with E-state index in [4.69, 9.17) is 16.5 Å². The fourth-order valence-corrected chi connectivity index (χ4v) is 25.3. The molecule has 0 aliphatic carbocycles. The molecule has 0 aromatic carbocycles. The van der Waals surface area contributed by atoms with Crippen LogP contribution < -0.4 is 0 Å². The topological polar surface area (TPSA) is 77.4 Å². The predicted molar refractivity (Wildman–Crippen MR) is 95.6 cm³/mol. The van der Waals surface area contributed by atoms with Crippen molar-refractivity contribution in [3.8, 4) is 0 Å². The quantitative estimate of drug-likeness (QED) is 0.685. The van der Waals surface area contributed by atoms with Gasteiger partial charge in [-0.2, -0.15) is 0 Å². The highest BCUT2D eigenvalue weighted by Crippen LogP contribution is 2.35. The first-order chi connectivity index (χ1) is 9.95. The maximum Gasteiger partial charge on any atom is 0.320 e. The molecule has 0 radical (unpaired) electrons. The van der Waals surface area contributed by atoms with Crippen LogP contribution in [0, 0.1) is 0 Å². The fraction of sp³-hybridized carbons (Fsp3) is 1.00. The van der Waals surface area contributed by atoms with Crippen LogP contribution in [0.4, 0.5) is 0 Å². The van der Waals surface area contributed by atoms with E-state index >= 15 is 0 Å². The summed E-state index contributed by atoms with van der Waals surface area (Å²) in [6, 6.07) is 1.43. The summed E-state index contributed by atoms with van der Waals surface area (Å²) >= 11 is 0. The van der Waals surface area contributed by atoms with E-state index < -0.39 is 34.2 Å². The van der Waals surface area contributed by atoms with Crippen molar-refractivity contribution in [3.05, 3.63) is 0 Å². The monoisotopic (exact) mass is 384 g/mol. The van der Waals surface area contributed by atoms with Crippen molar-refractivity contribution in [1.82, 2.24) is 0 Å². The number of aliphatic hydroxyl groups excluding tert-OH is 2. The molecule has 1 fully saturated rings. The van der Waals surface area contributed by atoms with Crippen LogP contribution in [0.5, 0.6) is 0 Å². The molecule has 0 amide bonds. The van der Waals surface area contributed by atoms with Crippen LogP contribution >= 0.6 is 0 Å². The average Bonchev–Trinajstić information content (AvgIpc) is 2.28. The van der Waals surface area contributed by atoms with Gasteiger partial charge in [-0.05, 0) is 64.2 Å². The molecule has 0 saturated carbocycles. The van der Waals surface area contributed by atoms with E-state index in [1.165, 1.54) is 0 Å². The summed E-state index contributed by atoms with van der Waals surface area (Å²) in [5, 5.41) is 18.5. The van der Waals surface area contributed by atoms with Crippen molar-refractivity contribution in [2.45, 2.75) is 64.2 Å². The average molecular weight is 385 g/mol. The van der Waals surface area contributed by atoms with Crippen LogP contribution in [0.25, 0.3) is 0 Å². The molecule has 10 heteroatoms. The molecular weight excluding hydrogens is 352 g/mol. The van der Waals surface area contributed by atoms with Crippen molar-refractivity contribution < 1.29 is 26.7 Å². The predicted octanol–water partition coefficient (Wildman–Crippen LogP) is 2.38. The molecule has 22 heavy (non-hydrogen) atoms. The summed E-state index contributed by atoms with van der Waals surface area (Å²) in [5.74, 6) is 0. The van der Waals surface area contributed by atoms with Gasteiger partial charge < -0.3 is 26.7 Å². The van der Waals surface area contributed by atoms with Crippen LogP contribution in [0.3, 0.4) is 0 Å². The minimum atomic E-state index is -2.56. The van der Waals surface area contributed by atoms with Crippen molar-refractivity contribution in [3.63, 3.8) is 0 Å². The lowest BCUT2D eigenvalue weighted by atomic mass is 10.5. The van der Waals surface area contributed by atoms with Gasteiger partial charge in [-0.3, -0.25) is 0 Å². The molecule has 0 aromatic rings. The fourth-order valence-electron chi connectivity index (χ4n) is 3.19. The Labute approximate surface area is 138 Å². The SMILES string of the molecule is C[Si]1(C)O[Si](C)(C)O[Si](CCCO)(CCCO)O[Si](C)(C)O1. The summed E-state index contributed by atoms with van der Waals surface area (Å²) in [6.45, 7) is 12.5. The number of rotatable bonds is 6. The smallest absolute Gasteiger partial charge is 0.320 e. The Kier molecular flexibility index (Phi) is 7.21. The highest BCUT2D eigenvalue weighted by Gasteiger charge is 2.53. The van der Waals surface area contributed by atoms with Crippen molar-refractivity contribution in [1.29, 1.82) is 0 Å². The van der Waals surface area contributed by atoms with Crippen molar-refractivity contribution in [2.24, 2.45) is 0 Å². The first-order valence-electron chi connectivity index (χ1n) is 7.97. The lowest BCUT2D eigenvalue weighted by Gasteiger charge is -2.48. The van der Waals surface area contributed by atoms with Crippen molar-refractivity contribution in [2.75, 3.05) is 13.2 Å². The van der Waals surface area contributed by atoms with Gasteiger partial charge in [0.15, 0.2) is 0 Å². The molecular formula is C12H32O6Si4.